The van der Waals surface area contributed by atoms with Crippen molar-refractivity contribution in [2.75, 3.05) is 12.9 Å². The molecule has 18 heavy (non-hydrogen) atoms. The molecule has 7 heteroatoms. The summed E-state index contributed by atoms with van der Waals surface area (Å²) in [5.74, 6) is -0.438. The smallest absolute Gasteiger partial charge is 0.323 e. The van der Waals surface area contributed by atoms with Crippen LogP contribution in [0.4, 0.5) is 0 Å². The van der Waals surface area contributed by atoms with Gasteiger partial charge < -0.3 is 10.5 Å². The number of unbranched alkanes of at least 4 members (excludes halogenated alkanes) is 1. The Morgan fingerprint density at radius 2 is 1.83 bits per heavy atom. The summed E-state index contributed by atoms with van der Waals surface area (Å²) in [6.07, 6.45) is 2.58. The highest BCUT2D eigenvalue weighted by molar-refractivity contribution is 7.85. The van der Waals surface area contributed by atoms with Crippen LogP contribution in [-0.4, -0.2) is 38.9 Å². The quantitative estimate of drug-likeness (QED) is 0.421. The van der Waals surface area contributed by atoms with Crippen LogP contribution >= 0.6 is 0 Å². The zero-order valence-electron chi connectivity index (χ0n) is 11.4. The van der Waals surface area contributed by atoms with Gasteiger partial charge >= 0.3 is 5.97 Å². The number of carbonyl (C=O) groups excluding carboxylic acids is 1. The molecule has 0 fully saturated rings. The van der Waals surface area contributed by atoms with Gasteiger partial charge in [-0.25, -0.2) is 0 Å². The van der Waals surface area contributed by atoms with Gasteiger partial charge in [0.15, 0.2) is 0 Å². The van der Waals surface area contributed by atoms with Crippen LogP contribution in [0.5, 0.6) is 0 Å². The first-order valence-electron chi connectivity index (χ1n) is 5.84. The van der Waals surface area contributed by atoms with E-state index in [1.165, 1.54) is 0 Å². The Morgan fingerprint density at radius 1 is 1.28 bits per heavy atom. The second-order valence-electron chi connectivity index (χ2n) is 5.16. The summed E-state index contributed by atoms with van der Waals surface area (Å²) in [5.41, 5.74) is 5.11. The Morgan fingerprint density at radius 3 is 2.28 bits per heavy atom. The van der Waals surface area contributed by atoms with E-state index < -0.39 is 27.7 Å². The number of carbonyl (C=O) groups is 1. The summed E-state index contributed by atoms with van der Waals surface area (Å²) in [6, 6.07) is -0.678. The highest BCUT2D eigenvalue weighted by Crippen LogP contribution is 2.10. The van der Waals surface area contributed by atoms with Crippen molar-refractivity contribution in [2.45, 2.75) is 51.7 Å². The molecule has 1 atom stereocenters. The normalized spacial score (nSPS) is 14.3. The fourth-order valence-corrected chi connectivity index (χ4v) is 1.59. The van der Waals surface area contributed by atoms with Crippen molar-refractivity contribution in [1.29, 1.82) is 0 Å². The zero-order valence-corrected chi connectivity index (χ0v) is 12.2. The molecule has 0 aliphatic carbocycles. The van der Waals surface area contributed by atoms with Gasteiger partial charge in [-0.2, -0.15) is 8.42 Å². The molecule has 0 heterocycles. The van der Waals surface area contributed by atoms with E-state index in [0.717, 1.165) is 6.26 Å². The zero-order chi connectivity index (χ0) is 14.4. The number of ether oxygens (including phenoxy) is 1. The molecule has 0 radical (unpaired) electrons. The third kappa shape index (κ3) is 10.5. The van der Waals surface area contributed by atoms with Crippen molar-refractivity contribution < 1.29 is 22.1 Å². The fourth-order valence-electron chi connectivity index (χ4n) is 1.17. The van der Waals surface area contributed by atoms with E-state index in [2.05, 4.69) is 4.18 Å². The third-order valence-electron chi connectivity index (χ3n) is 1.92. The van der Waals surface area contributed by atoms with Crippen molar-refractivity contribution in [3.05, 3.63) is 0 Å². The van der Waals surface area contributed by atoms with Gasteiger partial charge in [0.25, 0.3) is 10.1 Å². The maximum absolute atomic E-state index is 11.5. The lowest BCUT2D eigenvalue weighted by molar-refractivity contribution is -0.156. The molecule has 0 saturated heterocycles. The number of hydrogen-bond donors (Lipinski definition) is 1. The predicted octanol–water partition coefficient (Wildman–Crippen LogP) is 0.802. The molecule has 0 bridgehead atoms. The van der Waals surface area contributed by atoms with Gasteiger partial charge in [0.05, 0.1) is 12.9 Å². The molecule has 0 aliphatic heterocycles. The van der Waals surface area contributed by atoms with E-state index in [1.54, 1.807) is 20.8 Å². The second kappa shape index (κ2) is 7.06. The summed E-state index contributed by atoms with van der Waals surface area (Å²) < 4.78 is 31.0. The van der Waals surface area contributed by atoms with Crippen LogP contribution < -0.4 is 5.73 Å². The average molecular weight is 281 g/mol. The Labute approximate surface area is 109 Å². The van der Waals surface area contributed by atoms with Crippen molar-refractivity contribution in [3.8, 4) is 0 Å². The molecule has 0 rings (SSSR count). The van der Waals surface area contributed by atoms with Gasteiger partial charge in [-0.3, -0.25) is 8.98 Å². The third-order valence-corrected chi connectivity index (χ3v) is 2.51. The minimum Gasteiger partial charge on any atom is -0.459 e. The van der Waals surface area contributed by atoms with E-state index in [0.29, 0.717) is 19.3 Å². The minimum atomic E-state index is -3.39. The van der Waals surface area contributed by atoms with Crippen molar-refractivity contribution in [2.24, 2.45) is 5.73 Å². The monoisotopic (exact) mass is 281 g/mol. The van der Waals surface area contributed by atoms with Crippen molar-refractivity contribution in [3.63, 3.8) is 0 Å². The molecular weight excluding hydrogens is 258 g/mol. The summed E-state index contributed by atoms with van der Waals surface area (Å²) in [7, 11) is -3.39. The molecule has 6 nitrogen and oxygen atoms in total. The van der Waals surface area contributed by atoms with Gasteiger partial charge in [-0.1, -0.05) is 0 Å². The van der Waals surface area contributed by atoms with Gasteiger partial charge in [-0.15, -0.1) is 0 Å². The van der Waals surface area contributed by atoms with Gasteiger partial charge in [0, 0.05) is 0 Å². The maximum Gasteiger partial charge on any atom is 0.323 e. The molecular formula is C11H23NO5S. The molecule has 0 amide bonds. The molecule has 0 spiro atoms. The predicted molar refractivity (Wildman–Crippen MR) is 68.5 cm³/mol. The lowest BCUT2D eigenvalue weighted by Crippen LogP contribution is -2.37. The first kappa shape index (κ1) is 17.3. The molecule has 0 aromatic heterocycles. The van der Waals surface area contributed by atoms with Crippen LogP contribution in [0.1, 0.15) is 40.0 Å². The highest BCUT2D eigenvalue weighted by Gasteiger charge is 2.21. The summed E-state index contributed by atoms with van der Waals surface area (Å²) >= 11 is 0. The van der Waals surface area contributed by atoms with Crippen molar-refractivity contribution >= 4 is 16.1 Å². The first-order chi connectivity index (χ1) is 8.01. The minimum absolute atomic E-state index is 0.111. The highest BCUT2D eigenvalue weighted by atomic mass is 32.2. The van der Waals surface area contributed by atoms with Gasteiger partial charge in [0.2, 0.25) is 0 Å². The van der Waals surface area contributed by atoms with Crippen LogP contribution in [0, 0.1) is 0 Å². The van der Waals surface area contributed by atoms with E-state index in [9.17, 15) is 13.2 Å². The molecule has 1 unspecified atom stereocenters. The largest absolute Gasteiger partial charge is 0.459 e. The summed E-state index contributed by atoms with van der Waals surface area (Å²) in [4.78, 5) is 11.5. The number of hydrogen-bond acceptors (Lipinski definition) is 6. The molecule has 0 aromatic carbocycles. The number of esters is 1. The lowest BCUT2D eigenvalue weighted by Gasteiger charge is -2.22. The molecule has 0 saturated carbocycles. The van der Waals surface area contributed by atoms with E-state index >= 15 is 0 Å². The Hall–Kier alpha value is -0.660. The summed E-state index contributed by atoms with van der Waals surface area (Å²) in [6.45, 7) is 5.44. The standard InChI is InChI=1S/C11H23NO5S/c1-11(2,3)17-10(13)9(12)7-5-6-8-16-18(4,14)15/h9H,5-8,12H2,1-4H3. The molecule has 2 N–H and O–H groups in total. The van der Waals surface area contributed by atoms with Crippen molar-refractivity contribution in [1.82, 2.24) is 0 Å². The van der Waals surface area contributed by atoms with Crippen LogP contribution in [-0.2, 0) is 23.8 Å². The Balaban J connectivity index is 3.77. The first-order valence-corrected chi connectivity index (χ1v) is 7.66. The topological polar surface area (TPSA) is 95.7 Å². The SMILES string of the molecule is CC(C)(C)OC(=O)C(N)CCCCOS(C)(=O)=O. The fraction of sp³-hybridized carbons (Fsp3) is 0.909. The van der Waals surface area contributed by atoms with Crippen LogP contribution in [0.3, 0.4) is 0 Å². The molecule has 108 valence electrons. The Kier molecular flexibility index (Phi) is 6.80. The van der Waals surface area contributed by atoms with E-state index in [4.69, 9.17) is 10.5 Å². The van der Waals surface area contributed by atoms with E-state index in [-0.39, 0.29) is 6.61 Å². The van der Waals surface area contributed by atoms with Crippen LogP contribution in [0.2, 0.25) is 0 Å². The van der Waals surface area contributed by atoms with Crippen LogP contribution in [0.15, 0.2) is 0 Å². The number of nitrogens with two attached hydrogens (primary N) is 1. The molecule has 0 aromatic rings. The lowest BCUT2D eigenvalue weighted by atomic mass is 10.1. The maximum atomic E-state index is 11.5. The average Bonchev–Trinajstić information content (AvgIpc) is 2.12. The second-order valence-corrected chi connectivity index (χ2v) is 6.81. The molecule has 0 aliphatic rings. The Bertz CT molecular complexity index is 358. The van der Waals surface area contributed by atoms with Gasteiger partial charge in [0.1, 0.15) is 11.6 Å². The number of rotatable bonds is 7. The van der Waals surface area contributed by atoms with E-state index in [1.807, 2.05) is 0 Å². The van der Waals surface area contributed by atoms with Crippen LogP contribution in [0.25, 0.3) is 0 Å². The van der Waals surface area contributed by atoms with Gasteiger partial charge in [-0.05, 0) is 40.0 Å². The summed E-state index contributed by atoms with van der Waals surface area (Å²) in [5, 5.41) is 0.